The van der Waals surface area contributed by atoms with Gasteiger partial charge in [0.05, 0.1) is 17.3 Å². The van der Waals surface area contributed by atoms with Gasteiger partial charge in [0.25, 0.3) is 0 Å². The second-order valence-corrected chi connectivity index (χ2v) is 4.70. The van der Waals surface area contributed by atoms with Crippen LogP contribution >= 0.6 is 23.2 Å². The largest absolute Gasteiger partial charge is 0.494 e. The molecule has 0 unspecified atom stereocenters. The predicted octanol–water partition coefficient (Wildman–Crippen LogP) is 5.14. The summed E-state index contributed by atoms with van der Waals surface area (Å²) >= 11 is 11.9. The van der Waals surface area contributed by atoms with E-state index in [0.29, 0.717) is 22.3 Å². The molecular weight excluding hydrogens is 281 g/mol. The van der Waals surface area contributed by atoms with Gasteiger partial charge in [-0.2, -0.15) is 0 Å². The van der Waals surface area contributed by atoms with Crippen LogP contribution < -0.4 is 4.74 Å². The summed E-state index contributed by atoms with van der Waals surface area (Å²) in [5.41, 5.74) is 1.68. The van der Waals surface area contributed by atoms with Gasteiger partial charge in [0.1, 0.15) is 5.75 Å². The summed E-state index contributed by atoms with van der Waals surface area (Å²) < 4.78 is 5.38. The van der Waals surface area contributed by atoms with Crippen LogP contribution in [0.1, 0.15) is 12.5 Å². The first-order chi connectivity index (χ1) is 9.19. The number of nitrogens with zero attached hydrogens (tertiary/aromatic N) is 1. The number of aliphatic imine (C=N–C) groups is 1. The maximum Gasteiger partial charge on any atom is 0.119 e. The fraction of sp³-hybridized carbons (Fsp3) is 0.133. The fourth-order valence-electron chi connectivity index (χ4n) is 1.55. The zero-order chi connectivity index (χ0) is 13.7. The molecule has 0 amide bonds. The van der Waals surface area contributed by atoms with Crippen molar-refractivity contribution in [3.05, 3.63) is 58.1 Å². The van der Waals surface area contributed by atoms with E-state index in [1.165, 1.54) is 0 Å². The molecule has 0 aliphatic heterocycles. The summed E-state index contributed by atoms with van der Waals surface area (Å²) in [5, 5.41) is 1.14. The van der Waals surface area contributed by atoms with E-state index in [1.54, 1.807) is 24.4 Å². The lowest BCUT2D eigenvalue weighted by Crippen LogP contribution is -1.91. The Morgan fingerprint density at radius 3 is 2.47 bits per heavy atom. The molecule has 0 saturated heterocycles. The van der Waals surface area contributed by atoms with E-state index >= 15 is 0 Å². The molecule has 98 valence electrons. The van der Waals surface area contributed by atoms with Crippen molar-refractivity contribution in [2.45, 2.75) is 6.92 Å². The van der Waals surface area contributed by atoms with E-state index in [4.69, 9.17) is 27.9 Å². The molecule has 0 spiro atoms. The van der Waals surface area contributed by atoms with Crippen LogP contribution in [0.25, 0.3) is 0 Å². The average molecular weight is 294 g/mol. The molecule has 4 heteroatoms. The van der Waals surface area contributed by atoms with Gasteiger partial charge < -0.3 is 4.74 Å². The molecule has 19 heavy (non-hydrogen) atoms. The summed E-state index contributed by atoms with van der Waals surface area (Å²) in [6.07, 6.45) is 1.75. The lowest BCUT2D eigenvalue weighted by molar-refractivity contribution is 0.340. The molecule has 0 aliphatic rings. The maximum absolute atomic E-state index is 6.04. The minimum absolute atomic E-state index is 0.537. The van der Waals surface area contributed by atoms with Crippen molar-refractivity contribution in [2.24, 2.45) is 4.99 Å². The number of ether oxygens (including phenoxy) is 1. The molecule has 2 rings (SSSR count). The molecule has 2 aromatic rings. The van der Waals surface area contributed by atoms with Gasteiger partial charge in [-0.05, 0) is 55.0 Å². The summed E-state index contributed by atoms with van der Waals surface area (Å²) in [4.78, 5) is 4.34. The van der Waals surface area contributed by atoms with Crippen LogP contribution in [0.3, 0.4) is 0 Å². The summed E-state index contributed by atoms with van der Waals surface area (Å²) in [5.74, 6) is 0.851. The maximum atomic E-state index is 6.04. The average Bonchev–Trinajstić information content (AvgIpc) is 2.40. The zero-order valence-corrected chi connectivity index (χ0v) is 11.9. The summed E-state index contributed by atoms with van der Waals surface area (Å²) in [6, 6.07) is 12.9. The SMILES string of the molecule is CCOc1ccc(C=Nc2ccc(Cl)cc2Cl)cc1. The molecule has 2 nitrogen and oxygen atoms in total. The van der Waals surface area contributed by atoms with Gasteiger partial charge in [-0.25, -0.2) is 0 Å². The molecule has 0 aromatic heterocycles. The Bertz CT molecular complexity index is 579. The van der Waals surface area contributed by atoms with Crippen LogP contribution in [-0.4, -0.2) is 12.8 Å². The fourth-order valence-corrected chi connectivity index (χ4v) is 2.00. The van der Waals surface area contributed by atoms with Gasteiger partial charge in [0.2, 0.25) is 0 Å². The van der Waals surface area contributed by atoms with E-state index in [2.05, 4.69) is 4.99 Å². The predicted molar refractivity (Wildman–Crippen MR) is 81.3 cm³/mol. The Hall–Kier alpha value is -1.51. The van der Waals surface area contributed by atoms with Crippen molar-refractivity contribution in [2.75, 3.05) is 6.61 Å². The Labute approximate surface area is 122 Å². The highest BCUT2D eigenvalue weighted by molar-refractivity contribution is 6.36. The Morgan fingerprint density at radius 2 is 1.84 bits per heavy atom. The minimum atomic E-state index is 0.537. The zero-order valence-electron chi connectivity index (χ0n) is 10.4. The van der Waals surface area contributed by atoms with Crippen molar-refractivity contribution < 1.29 is 4.74 Å². The van der Waals surface area contributed by atoms with Crippen LogP contribution in [-0.2, 0) is 0 Å². The second kappa shape index (κ2) is 6.60. The van der Waals surface area contributed by atoms with Gasteiger partial charge in [-0.15, -0.1) is 0 Å². The van der Waals surface area contributed by atoms with E-state index in [1.807, 2.05) is 31.2 Å². The molecule has 0 heterocycles. The molecule has 0 atom stereocenters. The molecule has 0 fully saturated rings. The van der Waals surface area contributed by atoms with Crippen LogP contribution in [0.15, 0.2) is 47.5 Å². The number of benzene rings is 2. The Kier molecular flexibility index (Phi) is 4.83. The van der Waals surface area contributed by atoms with Crippen molar-refractivity contribution in [1.29, 1.82) is 0 Å². The summed E-state index contributed by atoms with van der Waals surface area (Å²) in [7, 11) is 0. The minimum Gasteiger partial charge on any atom is -0.494 e. The molecule has 0 N–H and O–H groups in total. The van der Waals surface area contributed by atoms with Gasteiger partial charge in [0, 0.05) is 11.2 Å². The molecule has 0 bridgehead atoms. The third-order valence-corrected chi connectivity index (χ3v) is 2.99. The van der Waals surface area contributed by atoms with Gasteiger partial charge in [0.15, 0.2) is 0 Å². The normalized spacial score (nSPS) is 10.9. The van der Waals surface area contributed by atoms with E-state index in [9.17, 15) is 0 Å². The smallest absolute Gasteiger partial charge is 0.119 e. The van der Waals surface area contributed by atoms with Gasteiger partial charge in [-0.1, -0.05) is 23.2 Å². The quantitative estimate of drug-likeness (QED) is 0.715. The molecule has 2 aromatic carbocycles. The standard InChI is InChI=1S/C15H13Cl2NO/c1-2-19-13-6-3-11(4-7-13)10-18-15-8-5-12(16)9-14(15)17/h3-10H,2H2,1H3. The number of hydrogen-bond acceptors (Lipinski definition) is 2. The number of rotatable bonds is 4. The molecule has 0 radical (unpaired) electrons. The third kappa shape index (κ3) is 3.98. The van der Waals surface area contributed by atoms with Crippen molar-refractivity contribution >= 4 is 35.1 Å². The monoisotopic (exact) mass is 293 g/mol. The molecular formula is C15H13Cl2NO. The lowest BCUT2D eigenvalue weighted by Gasteiger charge is -2.02. The third-order valence-electron chi connectivity index (χ3n) is 2.45. The molecule has 0 saturated carbocycles. The molecule has 0 aliphatic carbocycles. The summed E-state index contributed by atoms with van der Waals surface area (Å²) in [6.45, 7) is 2.62. The van der Waals surface area contributed by atoms with Crippen molar-refractivity contribution in [3.8, 4) is 5.75 Å². The van der Waals surface area contributed by atoms with Crippen molar-refractivity contribution in [1.82, 2.24) is 0 Å². The Balaban J connectivity index is 2.13. The van der Waals surface area contributed by atoms with Crippen LogP contribution in [0, 0.1) is 0 Å². The Morgan fingerprint density at radius 1 is 1.11 bits per heavy atom. The highest BCUT2D eigenvalue weighted by Crippen LogP contribution is 2.27. The lowest BCUT2D eigenvalue weighted by atomic mass is 10.2. The topological polar surface area (TPSA) is 21.6 Å². The number of hydrogen-bond donors (Lipinski definition) is 0. The van der Waals surface area contributed by atoms with Gasteiger partial charge >= 0.3 is 0 Å². The van der Waals surface area contributed by atoms with Crippen LogP contribution in [0.2, 0.25) is 10.0 Å². The first-order valence-corrected chi connectivity index (χ1v) is 6.66. The van der Waals surface area contributed by atoms with E-state index in [-0.39, 0.29) is 0 Å². The first kappa shape index (κ1) is 13.9. The van der Waals surface area contributed by atoms with Crippen molar-refractivity contribution in [3.63, 3.8) is 0 Å². The van der Waals surface area contributed by atoms with Gasteiger partial charge in [-0.3, -0.25) is 4.99 Å². The number of halogens is 2. The second-order valence-electron chi connectivity index (χ2n) is 3.86. The van der Waals surface area contributed by atoms with Crippen LogP contribution in [0.4, 0.5) is 5.69 Å². The highest BCUT2D eigenvalue weighted by Gasteiger charge is 1.98. The first-order valence-electron chi connectivity index (χ1n) is 5.91. The van der Waals surface area contributed by atoms with Crippen LogP contribution in [0.5, 0.6) is 5.75 Å². The highest BCUT2D eigenvalue weighted by atomic mass is 35.5. The van der Waals surface area contributed by atoms with E-state index < -0.39 is 0 Å². The van der Waals surface area contributed by atoms with E-state index in [0.717, 1.165) is 11.3 Å².